The Morgan fingerprint density at radius 2 is 1.44 bits per heavy atom. The Labute approximate surface area is 218 Å². The smallest absolute Gasteiger partial charge is 0.159 e. The summed E-state index contributed by atoms with van der Waals surface area (Å²) in [5.41, 5.74) is 0.975. The summed E-state index contributed by atoms with van der Waals surface area (Å²) < 4.78 is 17.5. The lowest BCUT2D eigenvalue weighted by Crippen LogP contribution is -2.07. The van der Waals surface area contributed by atoms with E-state index in [1.165, 1.54) is 83.5 Å². The maximum Gasteiger partial charge on any atom is 0.159 e. The molecule has 1 saturated carbocycles. The van der Waals surface area contributed by atoms with Gasteiger partial charge in [0.2, 0.25) is 0 Å². The van der Waals surface area contributed by atoms with Crippen molar-refractivity contribution in [2.24, 2.45) is 5.92 Å². The second kappa shape index (κ2) is 15.2. The van der Waals surface area contributed by atoms with Crippen LogP contribution in [0.15, 0.2) is 36.7 Å². The average Bonchev–Trinajstić information content (AvgIpc) is 3.46. The first kappa shape index (κ1) is 26.9. The van der Waals surface area contributed by atoms with Gasteiger partial charge in [0.25, 0.3) is 0 Å². The molecule has 2 atom stereocenters. The van der Waals surface area contributed by atoms with Crippen molar-refractivity contribution in [3.05, 3.63) is 36.7 Å². The minimum atomic E-state index is 0.253. The van der Waals surface area contributed by atoms with Crippen LogP contribution in [0.1, 0.15) is 103 Å². The first-order valence-electron chi connectivity index (χ1n) is 14.7. The highest BCUT2D eigenvalue weighted by Crippen LogP contribution is 2.30. The Kier molecular flexibility index (Phi) is 11.4. The fourth-order valence-electron chi connectivity index (χ4n) is 5.32. The van der Waals surface area contributed by atoms with Crippen LogP contribution in [0.4, 0.5) is 0 Å². The second-order valence-corrected chi connectivity index (χ2v) is 10.7. The van der Waals surface area contributed by atoms with Crippen molar-refractivity contribution in [3.8, 4) is 22.9 Å². The molecular formula is C31H46N2O3. The van der Waals surface area contributed by atoms with E-state index in [9.17, 15) is 0 Å². The third kappa shape index (κ3) is 9.38. The van der Waals surface area contributed by atoms with Crippen molar-refractivity contribution in [3.63, 3.8) is 0 Å². The van der Waals surface area contributed by atoms with Gasteiger partial charge in [0.05, 0.1) is 25.1 Å². The molecule has 0 radical (unpaired) electrons. The standard InChI is InChI=1S/C31H46N2O3/c1-2-3-4-9-16-29-30(36-29)24-35-27-19-17-26(18-20-27)31-32-22-28(23-33-31)34-21-12-7-5-6-8-13-25-14-10-11-15-25/h17-20,22-23,25,29-30H,2-16,21,24H2,1H3/t29-,30-/m0/s1. The summed E-state index contributed by atoms with van der Waals surface area (Å²) in [6.45, 7) is 3.61. The van der Waals surface area contributed by atoms with Crippen LogP contribution in [0.3, 0.4) is 0 Å². The van der Waals surface area contributed by atoms with E-state index in [1.807, 2.05) is 24.3 Å². The number of hydrogen-bond acceptors (Lipinski definition) is 5. The van der Waals surface area contributed by atoms with Gasteiger partial charge in [-0.2, -0.15) is 0 Å². The highest BCUT2D eigenvalue weighted by atomic mass is 16.6. The molecule has 0 N–H and O–H groups in total. The number of benzene rings is 1. The lowest BCUT2D eigenvalue weighted by atomic mass is 9.99. The molecule has 0 amide bonds. The van der Waals surface area contributed by atoms with Gasteiger partial charge in [-0.3, -0.25) is 0 Å². The zero-order valence-electron chi connectivity index (χ0n) is 22.3. The predicted molar refractivity (Wildman–Crippen MR) is 146 cm³/mol. The molecule has 4 rings (SSSR count). The molecule has 198 valence electrons. The second-order valence-electron chi connectivity index (χ2n) is 10.7. The number of aromatic nitrogens is 2. The van der Waals surface area contributed by atoms with Crippen LogP contribution in [0.5, 0.6) is 11.5 Å². The number of nitrogens with zero attached hydrogens (tertiary/aromatic N) is 2. The monoisotopic (exact) mass is 494 g/mol. The summed E-state index contributed by atoms with van der Waals surface area (Å²) in [5, 5.41) is 0. The summed E-state index contributed by atoms with van der Waals surface area (Å²) in [7, 11) is 0. The number of epoxide rings is 1. The van der Waals surface area contributed by atoms with Gasteiger partial charge in [-0.1, -0.05) is 90.4 Å². The molecule has 36 heavy (non-hydrogen) atoms. The number of ether oxygens (including phenoxy) is 3. The summed E-state index contributed by atoms with van der Waals surface area (Å²) in [6.07, 6.45) is 24.3. The molecule has 0 bridgehead atoms. The van der Waals surface area contributed by atoms with Crippen LogP contribution in [-0.2, 0) is 4.74 Å². The Hall–Kier alpha value is -2.14. The molecule has 1 saturated heterocycles. The Bertz CT molecular complexity index is 849. The van der Waals surface area contributed by atoms with E-state index < -0.39 is 0 Å². The van der Waals surface area contributed by atoms with Crippen LogP contribution in [0.2, 0.25) is 0 Å². The van der Waals surface area contributed by atoms with E-state index in [4.69, 9.17) is 14.2 Å². The summed E-state index contributed by atoms with van der Waals surface area (Å²) in [6, 6.07) is 7.98. The summed E-state index contributed by atoms with van der Waals surface area (Å²) >= 11 is 0. The normalized spacial score (nSPS) is 19.5. The van der Waals surface area contributed by atoms with Gasteiger partial charge in [0, 0.05) is 5.56 Å². The van der Waals surface area contributed by atoms with Crippen molar-refractivity contribution >= 4 is 0 Å². The van der Waals surface area contributed by atoms with Gasteiger partial charge in [0.1, 0.15) is 18.5 Å². The predicted octanol–water partition coefficient (Wildman–Crippen LogP) is 8.17. The summed E-state index contributed by atoms with van der Waals surface area (Å²) in [4.78, 5) is 8.99. The van der Waals surface area contributed by atoms with Crippen LogP contribution in [0, 0.1) is 5.92 Å². The summed E-state index contributed by atoms with van der Waals surface area (Å²) in [5.74, 6) is 3.34. The van der Waals surface area contributed by atoms with Crippen LogP contribution >= 0.6 is 0 Å². The molecular weight excluding hydrogens is 448 g/mol. The molecule has 5 nitrogen and oxygen atoms in total. The van der Waals surface area contributed by atoms with E-state index >= 15 is 0 Å². The minimum absolute atomic E-state index is 0.253. The molecule has 0 spiro atoms. The Morgan fingerprint density at radius 1 is 0.750 bits per heavy atom. The van der Waals surface area contributed by atoms with Crippen molar-refractivity contribution in [2.45, 2.75) is 115 Å². The maximum absolute atomic E-state index is 5.92. The van der Waals surface area contributed by atoms with Crippen molar-refractivity contribution in [2.75, 3.05) is 13.2 Å². The third-order valence-corrected chi connectivity index (χ3v) is 7.68. The maximum atomic E-state index is 5.92. The Balaban J connectivity index is 1.06. The van der Waals surface area contributed by atoms with Crippen LogP contribution < -0.4 is 9.47 Å². The molecule has 2 heterocycles. The van der Waals surface area contributed by atoms with Crippen molar-refractivity contribution in [1.82, 2.24) is 9.97 Å². The van der Waals surface area contributed by atoms with E-state index in [-0.39, 0.29) is 6.10 Å². The van der Waals surface area contributed by atoms with Gasteiger partial charge in [-0.15, -0.1) is 0 Å². The lowest BCUT2D eigenvalue weighted by Gasteiger charge is -2.09. The highest BCUT2D eigenvalue weighted by molar-refractivity contribution is 5.56. The fourth-order valence-corrected chi connectivity index (χ4v) is 5.32. The number of unbranched alkanes of at least 4 members (excludes halogenated alkanes) is 7. The topological polar surface area (TPSA) is 56.8 Å². The molecule has 1 aromatic carbocycles. The van der Waals surface area contributed by atoms with E-state index in [0.717, 1.165) is 42.4 Å². The fraction of sp³-hybridized carbons (Fsp3) is 0.677. The van der Waals surface area contributed by atoms with Crippen molar-refractivity contribution in [1.29, 1.82) is 0 Å². The zero-order valence-corrected chi connectivity index (χ0v) is 22.3. The van der Waals surface area contributed by atoms with Crippen LogP contribution in [-0.4, -0.2) is 35.4 Å². The molecule has 2 aromatic rings. The minimum Gasteiger partial charge on any atom is -0.491 e. The van der Waals surface area contributed by atoms with E-state index in [1.54, 1.807) is 12.4 Å². The molecule has 2 aliphatic rings. The van der Waals surface area contributed by atoms with E-state index in [2.05, 4.69) is 16.9 Å². The van der Waals surface area contributed by atoms with E-state index in [0.29, 0.717) is 18.5 Å². The Morgan fingerprint density at radius 3 is 2.22 bits per heavy atom. The first-order valence-corrected chi connectivity index (χ1v) is 14.7. The van der Waals surface area contributed by atoms with Gasteiger partial charge >= 0.3 is 0 Å². The number of rotatable bonds is 18. The highest BCUT2D eigenvalue weighted by Gasteiger charge is 2.38. The van der Waals surface area contributed by atoms with Gasteiger partial charge in [-0.05, 0) is 43.0 Å². The average molecular weight is 495 g/mol. The number of hydrogen-bond donors (Lipinski definition) is 0. The molecule has 1 aliphatic carbocycles. The molecule has 1 aromatic heterocycles. The van der Waals surface area contributed by atoms with Gasteiger partial charge in [-0.25, -0.2) is 9.97 Å². The molecule has 1 aliphatic heterocycles. The SMILES string of the molecule is CCCCCC[C@@H]1O[C@H]1COc1ccc(-c2ncc(OCCCCCCCC3CCCC3)cn2)cc1. The zero-order chi connectivity index (χ0) is 24.8. The largest absolute Gasteiger partial charge is 0.491 e. The third-order valence-electron chi connectivity index (χ3n) is 7.68. The van der Waals surface area contributed by atoms with Gasteiger partial charge in [0.15, 0.2) is 11.6 Å². The first-order chi connectivity index (χ1) is 17.8. The molecule has 5 heteroatoms. The quantitative estimate of drug-likeness (QED) is 0.154. The van der Waals surface area contributed by atoms with Gasteiger partial charge < -0.3 is 14.2 Å². The van der Waals surface area contributed by atoms with Crippen molar-refractivity contribution < 1.29 is 14.2 Å². The van der Waals surface area contributed by atoms with Crippen LogP contribution in [0.25, 0.3) is 11.4 Å². The molecule has 2 fully saturated rings. The molecule has 0 unspecified atom stereocenters. The lowest BCUT2D eigenvalue weighted by molar-refractivity contribution is 0.259.